The smallest absolute Gasteiger partial charge is 0.334 e. The Morgan fingerprint density at radius 3 is 2.36 bits per heavy atom. The lowest BCUT2D eigenvalue weighted by atomic mass is 9.94. The molecule has 3 heterocycles. The SMILES string of the molecule is Cc1noc(-c2c(NC(=O)NCc3c(C(F)(F)F)sc4c3CCCC4)sc3c2CCCC3)n1. The highest BCUT2D eigenvalue weighted by molar-refractivity contribution is 7.17. The molecule has 33 heavy (non-hydrogen) atoms. The molecular weight excluding hydrogens is 473 g/mol. The van der Waals surface area contributed by atoms with E-state index in [1.54, 1.807) is 6.92 Å². The van der Waals surface area contributed by atoms with Gasteiger partial charge in [-0.25, -0.2) is 4.79 Å². The standard InChI is InChI=1S/C22H23F3N4O2S2/c1-11-27-19(31-29-11)17-13-7-3-5-9-16(13)33-20(17)28-21(30)26-10-14-12-6-2-4-8-15(12)32-18(14)22(23,24)25/h2-10H2,1H3,(H2,26,28,30). The molecular formula is C22H23F3N4O2S2. The summed E-state index contributed by atoms with van der Waals surface area (Å²) in [7, 11) is 0. The highest BCUT2D eigenvalue weighted by atomic mass is 32.1. The number of hydrogen-bond donors (Lipinski definition) is 2. The molecule has 0 fully saturated rings. The zero-order valence-electron chi connectivity index (χ0n) is 18.0. The zero-order chi connectivity index (χ0) is 23.2. The number of halogens is 3. The summed E-state index contributed by atoms with van der Waals surface area (Å²) in [6.45, 7) is 1.57. The van der Waals surface area contributed by atoms with Crippen LogP contribution >= 0.6 is 22.7 Å². The van der Waals surface area contributed by atoms with E-state index in [2.05, 4.69) is 20.8 Å². The Morgan fingerprint density at radius 2 is 1.70 bits per heavy atom. The van der Waals surface area contributed by atoms with Gasteiger partial charge >= 0.3 is 12.2 Å². The quantitative estimate of drug-likeness (QED) is 0.446. The second kappa shape index (κ2) is 8.75. The number of amides is 2. The van der Waals surface area contributed by atoms with Crippen LogP contribution in [0.15, 0.2) is 4.52 Å². The summed E-state index contributed by atoms with van der Waals surface area (Å²) in [5.74, 6) is 0.853. The number of carbonyl (C=O) groups excluding carboxylic acids is 1. The molecule has 2 aliphatic carbocycles. The van der Waals surface area contributed by atoms with Gasteiger partial charge in [-0.05, 0) is 75.0 Å². The van der Waals surface area contributed by atoms with Crippen LogP contribution in [0.4, 0.5) is 23.0 Å². The molecule has 3 aromatic rings. The zero-order valence-corrected chi connectivity index (χ0v) is 19.7. The number of hydrogen-bond acceptors (Lipinski definition) is 6. The summed E-state index contributed by atoms with van der Waals surface area (Å²) < 4.78 is 46.3. The Bertz CT molecular complexity index is 1200. The van der Waals surface area contributed by atoms with Gasteiger partial charge in [0.25, 0.3) is 5.89 Å². The number of aryl methyl sites for hydroxylation is 3. The van der Waals surface area contributed by atoms with E-state index in [-0.39, 0.29) is 12.1 Å². The maximum Gasteiger partial charge on any atom is 0.425 e. The Hall–Kier alpha value is -2.40. The number of nitrogens with one attached hydrogen (secondary N) is 2. The first kappa shape index (κ1) is 22.4. The van der Waals surface area contributed by atoms with Gasteiger partial charge in [-0.3, -0.25) is 5.32 Å². The molecule has 0 radical (unpaired) electrons. The predicted molar refractivity (Wildman–Crippen MR) is 121 cm³/mol. The third kappa shape index (κ3) is 4.40. The average molecular weight is 497 g/mol. The van der Waals surface area contributed by atoms with Gasteiger partial charge in [0, 0.05) is 16.3 Å². The maximum absolute atomic E-state index is 13.6. The van der Waals surface area contributed by atoms with Crippen molar-refractivity contribution in [2.45, 2.75) is 71.0 Å². The first-order valence-corrected chi connectivity index (χ1v) is 12.6. The first-order valence-electron chi connectivity index (χ1n) is 11.0. The van der Waals surface area contributed by atoms with E-state index >= 15 is 0 Å². The second-order valence-electron chi connectivity index (χ2n) is 8.39. The molecule has 11 heteroatoms. The highest BCUT2D eigenvalue weighted by Gasteiger charge is 2.38. The molecule has 0 atom stereocenters. The fraction of sp³-hybridized carbons (Fsp3) is 0.500. The number of rotatable bonds is 4. The summed E-state index contributed by atoms with van der Waals surface area (Å²) >= 11 is 2.29. The van der Waals surface area contributed by atoms with Gasteiger partial charge in [-0.2, -0.15) is 18.2 Å². The van der Waals surface area contributed by atoms with Gasteiger partial charge in [0.05, 0.1) is 5.56 Å². The molecule has 0 aliphatic heterocycles. The molecule has 5 rings (SSSR count). The number of aromatic nitrogens is 2. The topological polar surface area (TPSA) is 80.0 Å². The lowest BCUT2D eigenvalue weighted by molar-refractivity contribution is -0.135. The molecule has 0 aromatic carbocycles. The van der Waals surface area contributed by atoms with Gasteiger partial charge in [-0.15, -0.1) is 22.7 Å². The van der Waals surface area contributed by atoms with Gasteiger partial charge in [0.1, 0.15) is 9.88 Å². The molecule has 2 amide bonds. The molecule has 0 spiro atoms. The highest BCUT2D eigenvalue weighted by Crippen LogP contribution is 2.45. The fourth-order valence-corrected chi connectivity index (χ4v) is 7.19. The van der Waals surface area contributed by atoms with Crippen molar-refractivity contribution in [2.24, 2.45) is 0 Å². The fourth-order valence-electron chi connectivity index (χ4n) is 4.64. The van der Waals surface area contributed by atoms with Crippen molar-refractivity contribution in [3.8, 4) is 11.5 Å². The van der Waals surface area contributed by atoms with Crippen LogP contribution in [0.1, 0.15) is 62.8 Å². The second-order valence-corrected chi connectivity index (χ2v) is 10.6. The van der Waals surface area contributed by atoms with Crippen LogP contribution in [-0.2, 0) is 38.4 Å². The molecule has 0 bridgehead atoms. The van der Waals surface area contributed by atoms with Gasteiger partial charge in [0.15, 0.2) is 5.82 Å². The number of fused-ring (bicyclic) bond motifs is 2. The molecule has 0 saturated heterocycles. The molecule has 2 N–H and O–H groups in total. The van der Waals surface area contributed by atoms with Crippen LogP contribution in [0.3, 0.4) is 0 Å². The molecule has 0 unspecified atom stereocenters. The Morgan fingerprint density at radius 1 is 1.03 bits per heavy atom. The van der Waals surface area contributed by atoms with Crippen LogP contribution in [0.2, 0.25) is 0 Å². The van der Waals surface area contributed by atoms with E-state index in [1.807, 2.05) is 0 Å². The molecule has 176 valence electrons. The predicted octanol–water partition coefficient (Wildman–Crippen LogP) is 6.27. The molecule has 2 aliphatic rings. The van der Waals surface area contributed by atoms with Crippen molar-refractivity contribution < 1.29 is 22.5 Å². The first-order chi connectivity index (χ1) is 15.8. The van der Waals surface area contributed by atoms with E-state index < -0.39 is 17.1 Å². The van der Waals surface area contributed by atoms with Crippen LogP contribution in [0, 0.1) is 6.92 Å². The minimum atomic E-state index is -4.43. The molecule has 0 saturated carbocycles. The van der Waals surface area contributed by atoms with Crippen molar-refractivity contribution in [3.63, 3.8) is 0 Å². The van der Waals surface area contributed by atoms with E-state index in [9.17, 15) is 18.0 Å². The number of thiophene rings is 2. The number of nitrogens with zero attached hydrogens (tertiary/aromatic N) is 2. The summed E-state index contributed by atoms with van der Waals surface area (Å²) in [4.78, 5) is 18.5. The minimum Gasteiger partial charge on any atom is -0.334 e. The van der Waals surface area contributed by atoms with E-state index in [0.29, 0.717) is 29.6 Å². The number of anilines is 1. The van der Waals surface area contributed by atoms with Crippen LogP contribution in [0.5, 0.6) is 0 Å². The van der Waals surface area contributed by atoms with E-state index in [1.165, 1.54) is 16.2 Å². The summed E-state index contributed by atoms with van der Waals surface area (Å²) in [6.07, 6.45) is 2.53. The maximum atomic E-state index is 13.6. The van der Waals surface area contributed by atoms with Gasteiger partial charge in [-0.1, -0.05) is 5.16 Å². The number of alkyl halides is 3. The van der Waals surface area contributed by atoms with Crippen molar-refractivity contribution >= 4 is 33.7 Å². The Balaban J connectivity index is 1.38. The average Bonchev–Trinajstić information content (AvgIpc) is 3.46. The van der Waals surface area contributed by atoms with Crippen LogP contribution in [-0.4, -0.2) is 16.2 Å². The summed E-state index contributed by atoms with van der Waals surface area (Å²) in [6, 6.07) is -0.546. The third-order valence-corrected chi connectivity index (χ3v) is 8.69. The lowest BCUT2D eigenvalue weighted by Crippen LogP contribution is -2.29. The molecule has 6 nitrogen and oxygen atoms in total. The monoisotopic (exact) mass is 496 g/mol. The van der Waals surface area contributed by atoms with Crippen molar-refractivity contribution in [2.75, 3.05) is 5.32 Å². The Labute approximate surface area is 196 Å². The van der Waals surface area contributed by atoms with Crippen molar-refractivity contribution in [3.05, 3.63) is 37.1 Å². The van der Waals surface area contributed by atoms with Crippen molar-refractivity contribution in [1.29, 1.82) is 0 Å². The largest absolute Gasteiger partial charge is 0.425 e. The van der Waals surface area contributed by atoms with Crippen molar-refractivity contribution in [1.82, 2.24) is 15.5 Å². The number of urea groups is 1. The lowest BCUT2D eigenvalue weighted by Gasteiger charge is -2.15. The summed E-state index contributed by atoms with van der Waals surface area (Å²) in [5.41, 5.74) is 2.80. The molecule has 3 aromatic heterocycles. The van der Waals surface area contributed by atoms with E-state index in [0.717, 1.165) is 71.4 Å². The van der Waals surface area contributed by atoms with Gasteiger partial charge in [0.2, 0.25) is 0 Å². The van der Waals surface area contributed by atoms with Crippen LogP contribution < -0.4 is 10.6 Å². The summed E-state index contributed by atoms with van der Waals surface area (Å²) in [5, 5.41) is 9.96. The normalized spacial score (nSPS) is 15.8. The minimum absolute atomic E-state index is 0.160. The van der Waals surface area contributed by atoms with Crippen LogP contribution in [0.25, 0.3) is 11.5 Å². The van der Waals surface area contributed by atoms with E-state index in [4.69, 9.17) is 4.52 Å². The van der Waals surface area contributed by atoms with Gasteiger partial charge < -0.3 is 9.84 Å². The third-order valence-electron chi connectivity index (χ3n) is 6.10. The Kier molecular flexibility index (Phi) is 5.94. The number of carbonyl (C=O) groups is 1.